The summed E-state index contributed by atoms with van der Waals surface area (Å²) in [7, 11) is 0. The molecule has 4 nitrogen and oxygen atoms in total. The van der Waals surface area contributed by atoms with Crippen LogP contribution in [0.15, 0.2) is 24.3 Å². The third kappa shape index (κ3) is 2.31. The van der Waals surface area contributed by atoms with Crippen LogP contribution in [0.4, 0.5) is 0 Å². The largest absolute Gasteiger partial charge is 0.368 e. The molecule has 0 saturated carbocycles. The number of hydrogen-bond donors (Lipinski definition) is 1. The summed E-state index contributed by atoms with van der Waals surface area (Å²) in [4.78, 5) is 4.59. The molecule has 0 aliphatic carbocycles. The van der Waals surface area contributed by atoms with E-state index < -0.39 is 0 Å². The van der Waals surface area contributed by atoms with Gasteiger partial charge in [0.15, 0.2) is 0 Å². The summed E-state index contributed by atoms with van der Waals surface area (Å²) >= 11 is 5.49. The van der Waals surface area contributed by atoms with Gasteiger partial charge in [0.05, 0.1) is 23.4 Å². The Morgan fingerprint density at radius 3 is 3.18 bits per heavy atom. The number of aromatic nitrogens is 1. The zero-order valence-corrected chi connectivity index (χ0v) is 10.8. The first-order valence-corrected chi connectivity index (χ1v) is 6.58. The molecule has 0 bridgehead atoms. The van der Waals surface area contributed by atoms with Crippen molar-refractivity contribution in [1.82, 2.24) is 10.0 Å². The molecular formula is C11H12N2O2S2. The van der Waals surface area contributed by atoms with Gasteiger partial charge in [-0.05, 0) is 25.0 Å². The lowest BCUT2D eigenvalue weighted by Crippen LogP contribution is -2.36. The van der Waals surface area contributed by atoms with Crippen LogP contribution in [0.3, 0.4) is 0 Å². The first-order valence-electron chi connectivity index (χ1n) is 5.40. The number of thiol groups is 1. The minimum atomic E-state index is -0.0201. The second kappa shape index (κ2) is 4.91. The van der Waals surface area contributed by atoms with Gasteiger partial charge in [-0.25, -0.2) is 9.27 Å². The SMILES string of the molecule is SON1CCOC(c2nc3ccccc3s2)C1. The summed E-state index contributed by atoms with van der Waals surface area (Å²) in [6, 6.07) is 8.11. The van der Waals surface area contributed by atoms with Crippen molar-refractivity contribution in [2.24, 2.45) is 0 Å². The van der Waals surface area contributed by atoms with E-state index >= 15 is 0 Å². The van der Waals surface area contributed by atoms with E-state index in [9.17, 15) is 0 Å². The van der Waals surface area contributed by atoms with Crippen molar-refractivity contribution in [2.75, 3.05) is 19.7 Å². The quantitative estimate of drug-likeness (QED) is 0.670. The minimum absolute atomic E-state index is 0.0201. The molecule has 0 radical (unpaired) electrons. The first-order chi connectivity index (χ1) is 8.36. The van der Waals surface area contributed by atoms with Gasteiger partial charge in [0.1, 0.15) is 11.1 Å². The number of hydrogen-bond acceptors (Lipinski definition) is 6. The highest BCUT2D eigenvalue weighted by atomic mass is 32.1. The third-order valence-electron chi connectivity index (χ3n) is 2.73. The zero-order valence-electron chi connectivity index (χ0n) is 9.07. The fourth-order valence-corrected chi connectivity index (χ4v) is 3.03. The van der Waals surface area contributed by atoms with E-state index in [-0.39, 0.29) is 6.10 Å². The van der Waals surface area contributed by atoms with Crippen LogP contribution in [0.1, 0.15) is 11.1 Å². The predicted molar refractivity (Wildman–Crippen MR) is 70.0 cm³/mol. The number of morpholine rings is 1. The Balaban J connectivity index is 1.87. The van der Waals surface area contributed by atoms with Gasteiger partial charge in [0.25, 0.3) is 0 Å². The molecule has 17 heavy (non-hydrogen) atoms. The molecule has 2 aromatic rings. The number of ether oxygens (including phenoxy) is 1. The average molecular weight is 268 g/mol. The van der Waals surface area contributed by atoms with Crippen LogP contribution in [0.25, 0.3) is 10.2 Å². The number of nitrogens with zero attached hydrogens (tertiary/aromatic N) is 2. The molecule has 90 valence electrons. The van der Waals surface area contributed by atoms with Crippen molar-refractivity contribution in [3.8, 4) is 0 Å². The second-order valence-corrected chi connectivity index (χ2v) is 5.07. The van der Waals surface area contributed by atoms with Crippen LogP contribution >= 0.6 is 24.2 Å². The minimum Gasteiger partial charge on any atom is -0.368 e. The van der Waals surface area contributed by atoms with E-state index in [1.54, 1.807) is 16.4 Å². The van der Waals surface area contributed by atoms with E-state index in [1.807, 2.05) is 18.2 Å². The summed E-state index contributed by atoms with van der Waals surface area (Å²) in [6.07, 6.45) is -0.0201. The van der Waals surface area contributed by atoms with Crippen LogP contribution in [0, 0.1) is 0 Å². The molecule has 2 heterocycles. The maximum atomic E-state index is 5.72. The lowest BCUT2D eigenvalue weighted by atomic mass is 10.3. The van der Waals surface area contributed by atoms with Gasteiger partial charge >= 0.3 is 0 Å². The number of fused-ring (bicyclic) bond motifs is 1. The topological polar surface area (TPSA) is 34.6 Å². The fourth-order valence-electron chi connectivity index (χ4n) is 1.88. The Bertz CT molecular complexity index is 484. The van der Waals surface area contributed by atoms with E-state index in [0.717, 1.165) is 17.1 Å². The van der Waals surface area contributed by atoms with Crippen molar-refractivity contribution in [2.45, 2.75) is 6.10 Å². The molecule has 1 aromatic carbocycles. The number of benzene rings is 1. The van der Waals surface area contributed by atoms with Gasteiger partial charge in [0, 0.05) is 6.54 Å². The van der Waals surface area contributed by atoms with Gasteiger partial charge in [-0.1, -0.05) is 12.1 Å². The van der Waals surface area contributed by atoms with E-state index in [1.165, 1.54) is 4.70 Å². The summed E-state index contributed by atoms with van der Waals surface area (Å²) in [6.45, 7) is 2.05. The number of para-hydroxylation sites is 1. The van der Waals surface area contributed by atoms with Crippen molar-refractivity contribution in [3.05, 3.63) is 29.3 Å². The van der Waals surface area contributed by atoms with Crippen LogP contribution < -0.4 is 0 Å². The van der Waals surface area contributed by atoms with Gasteiger partial charge < -0.3 is 4.74 Å². The number of thiazole rings is 1. The molecule has 1 fully saturated rings. The van der Waals surface area contributed by atoms with Gasteiger partial charge in [-0.15, -0.1) is 11.3 Å². The van der Waals surface area contributed by atoms with Gasteiger partial charge in [0.2, 0.25) is 0 Å². The van der Waals surface area contributed by atoms with E-state index in [0.29, 0.717) is 13.2 Å². The molecule has 1 atom stereocenters. The standard InChI is InChI=1S/C11H12N2O2S2/c16-15-13-5-6-14-9(7-13)11-12-8-3-1-2-4-10(8)17-11/h1-4,9,16H,5-7H2. The summed E-state index contributed by atoms with van der Waals surface area (Å²) in [5.41, 5.74) is 1.03. The molecule has 3 rings (SSSR count). The smallest absolute Gasteiger partial charge is 0.124 e. The van der Waals surface area contributed by atoms with Crippen molar-refractivity contribution in [1.29, 1.82) is 0 Å². The normalized spacial score (nSPS) is 22.1. The first kappa shape index (κ1) is 11.4. The predicted octanol–water partition coefficient (Wildman–Crippen LogP) is 2.45. The Morgan fingerprint density at radius 1 is 1.47 bits per heavy atom. The molecular weight excluding hydrogens is 256 g/mol. The van der Waals surface area contributed by atoms with Crippen molar-refractivity contribution in [3.63, 3.8) is 0 Å². The molecule has 1 unspecified atom stereocenters. The summed E-state index contributed by atoms with van der Waals surface area (Å²) in [5.74, 6) is 0. The van der Waals surface area contributed by atoms with Gasteiger partial charge in [-0.3, -0.25) is 0 Å². The molecule has 1 aliphatic heterocycles. The zero-order chi connectivity index (χ0) is 11.7. The highest BCUT2D eigenvalue weighted by Gasteiger charge is 2.25. The summed E-state index contributed by atoms with van der Waals surface area (Å²) in [5, 5.41) is 2.78. The van der Waals surface area contributed by atoms with Crippen molar-refractivity contribution >= 4 is 34.5 Å². The maximum Gasteiger partial charge on any atom is 0.124 e. The lowest BCUT2D eigenvalue weighted by molar-refractivity contribution is -0.137. The van der Waals surface area contributed by atoms with E-state index in [4.69, 9.17) is 9.02 Å². The lowest BCUT2D eigenvalue weighted by Gasteiger charge is -2.28. The molecule has 0 amide bonds. The highest BCUT2D eigenvalue weighted by Crippen LogP contribution is 2.30. The van der Waals surface area contributed by atoms with Crippen LogP contribution in [-0.2, 0) is 9.02 Å². The molecule has 1 saturated heterocycles. The molecule has 0 N–H and O–H groups in total. The van der Waals surface area contributed by atoms with Crippen LogP contribution in [0.2, 0.25) is 0 Å². The third-order valence-corrected chi connectivity index (χ3v) is 4.09. The molecule has 6 heteroatoms. The second-order valence-electron chi connectivity index (χ2n) is 3.85. The Kier molecular flexibility index (Phi) is 3.30. The Labute approximate surface area is 109 Å². The number of rotatable bonds is 2. The highest BCUT2D eigenvalue weighted by molar-refractivity contribution is 7.75. The van der Waals surface area contributed by atoms with Gasteiger partial charge in [-0.2, -0.15) is 5.06 Å². The molecule has 0 spiro atoms. The molecule has 1 aliphatic rings. The number of hydroxylamine groups is 2. The fraction of sp³-hybridized carbons (Fsp3) is 0.364. The Morgan fingerprint density at radius 2 is 2.35 bits per heavy atom. The van der Waals surface area contributed by atoms with Crippen molar-refractivity contribution < 1.29 is 9.02 Å². The maximum absolute atomic E-state index is 5.72. The Hall–Kier alpha value is -0.660. The van der Waals surface area contributed by atoms with Crippen LogP contribution in [-0.4, -0.2) is 29.7 Å². The average Bonchev–Trinajstić information content (AvgIpc) is 2.82. The van der Waals surface area contributed by atoms with E-state index in [2.05, 4.69) is 24.0 Å². The molecule has 1 aromatic heterocycles. The summed E-state index contributed by atoms with van der Waals surface area (Å²) < 4.78 is 11.8. The van der Waals surface area contributed by atoms with Crippen LogP contribution in [0.5, 0.6) is 0 Å². The monoisotopic (exact) mass is 268 g/mol.